The van der Waals surface area contributed by atoms with Crippen molar-refractivity contribution in [1.29, 1.82) is 0 Å². The number of halogens is 1. The summed E-state index contributed by atoms with van der Waals surface area (Å²) in [4.78, 5) is 6.71. The number of nitrogens with one attached hydrogen (secondary N) is 1. The van der Waals surface area contributed by atoms with E-state index in [2.05, 4.69) is 28.3 Å². The molecule has 1 fully saturated rings. The summed E-state index contributed by atoms with van der Waals surface area (Å²) in [5, 5.41) is 3.98. The lowest BCUT2D eigenvalue weighted by molar-refractivity contribution is 0.241. The third kappa shape index (κ3) is 3.85. The predicted octanol–water partition coefficient (Wildman–Crippen LogP) is 2.89. The Kier molecular flexibility index (Phi) is 5.26. The molecule has 1 N–H and O–H groups in total. The van der Waals surface area contributed by atoms with Crippen LogP contribution in [0.1, 0.15) is 32.1 Å². The standard InChI is InChI=1S/C14H22ClN3/c1-16-12-7-10-18(11-8-12)13-4-2-3-5-14(15)17-9-6-13/h5-6,9,12,16H,2-4,7-8,10-11H2,1H3/b13-6+,14-5-,17-9-. The van der Waals surface area contributed by atoms with Crippen LogP contribution in [0, 0.1) is 0 Å². The first-order valence-electron chi connectivity index (χ1n) is 6.80. The third-order valence-corrected chi connectivity index (χ3v) is 3.98. The van der Waals surface area contributed by atoms with Crippen LogP contribution < -0.4 is 5.32 Å². The molecule has 2 aliphatic heterocycles. The highest BCUT2D eigenvalue weighted by atomic mass is 35.5. The summed E-state index contributed by atoms with van der Waals surface area (Å²) in [5.74, 6) is 0. The first-order chi connectivity index (χ1) is 8.79. The van der Waals surface area contributed by atoms with Crippen LogP contribution in [0.25, 0.3) is 0 Å². The van der Waals surface area contributed by atoms with Gasteiger partial charge >= 0.3 is 0 Å². The lowest BCUT2D eigenvalue weighted by Crippen LogP contribution is -2.40. The monoisotopic (exact) mass is 267 g/mol. The van der Waals surface area contributed by atoms with Crippen LogP contribution in [0.4, 0.5) is 0 Å². The molecule has 2 aliphatic rings. The molecule has 100 valence electrons. The first kappa shape index (κ1) is 13.6. The maximum atomic E-state index is 5.95. The molecule has 0 bridgehead atoms. The van der Waals surface area contributed by atoms with Crippen LogP contribution >= 0.6 is 11.6 Å². The summed E-state index contributed by atoms with van der Waals surface area (Å²) < 4.78 is 0. The Morgan fingerprint density at radius 3 is 2.89 bits per heavy atom. The summed E-state index contributed by atoms with van der Waals surface area (Å²) in [7, 11) is 2.06. The van der Waals surface area contributed by atoms with E-state index in [0.29, 0.717) is 11.2 Å². The number of rotatable bonds is 2. The number of allylic oxidation sites excluding steroid dienone is 3. The molecule has 0 radical (unpaired) electrons. The van der Waals surface area contributed by atoms with E-state index in [-0.39, 0.29) is 0 Å². The molecule has 0 aliphatic carbocycles. The molecule has 2 rings (SSSR count). The molecule has 0 aromatic heterocycles. The van der Waals surface area contributed by atoms with Crippen LogP contribution in [0.2, 0.25) is 0 Å². The Hall–Kier alpha value is -0.800. The van der Waals surface area contributed by atoms with Crippen molar-refractivity contribution in [2.45, 2.75) is 38.1 Å². The summed E-state index contributed by atoms with van der Waals surface area (Å²) in [6.07, 6.45) is 11.7. The Morgan fingerprint density at radius 1 is 1.39 bits per heavy atom. The second-order valence-corrected chi connectivity index (χ2v) is 5.29. The van der Waals surface area contributed by atoms with Gasteiger partial charge in [0.25, 0.3) is 0 Å². The number of piperidine rings is 1. The Labute approximate surface area is 115 Å². The fourth-order valence-electron chi connectivity index (χ4n) is 2.55. The second kappa shape index (κ2) is 6.95. The van der Waals surface area contributed by atoms with Gasteiger partial charge < -0.3 is 10.2 Å². The Bertz CT molecular complexity index is 352. The van der Waals surface area contributed by atoms with Crippen LogP contribution in [-0.2, 0) is 0 Å². The minimum atomic E-state index is 0.612. The van der Waals surface area contributed by atoms with Gasteiger partial charge in [0, 0.05) is 31.0 Å². The van der Waals surface area contributed by atoms with Gasteiger partial charge in [-0.25, -0.2) is 4.99 Å². The zero-order valence-electron chi connectivity index (χ0n) is 11.0. The number of likely N-dealkylation sites (tertiary alicyclic amines) is 1. The van der Waals surface area contributed by atoms with Crippen LogP contribution in [-0.4, -0.2) is 37.3 Å². The summed E-state index contributed by atoms with van der Waals surface area (Å²) in [6, 6.07) is 0.683. The fraction of sp³-hybridized carbons (Fsp3) is 0.643. The van der Waals surface area contributed by atoms with Gasteiger partial charge in [0.15, 0.2) is 0 Å². The summed E-state index contributed by atoms with van der Waals surface area (Å²) in [6.45, 7) is 2.29. The third-order valence-electron chi connectivity index (χ3n) is 3.72. The zero-order valence-corrected chi connectivity index (χ0v) is 11.8. The zero-order chi connectivity index (χ0) is 12.8. The molecule has 0 spiro atoms. The van der Waals surface area contributed by atoms with Crippen LogP contribution in [0.3, 0.4) is 0 Å². The molecular weight excluding hydrogens is 246 g/mol. The number of hydrogen-bond acceptors (Lipinski definition) is 3. The number of hydrogen-bond donors (Lipinski definition) is 1. The van der Waals surface area contributed by atoms with Crippen molar-refractivity contribution in [1.82, 2.24) is 10.2 Å². The molecule has 0 saturated carbocycles. The molecule has 0 amide bonds. The highest BCUT2D eigenvalue weighted by Crippen LogP contribution is 2.20. The van der Waals surface area contributed by atoms with E-state index in [1.807, 2.05) is 12.3 Å². The van der Waals surface area contributed by atoms with Gasteiger partial charge in [-0.15, -0.1) is 0 Å². The molecule has 3 nitrogen and oxygen atoms in total. The van der Waals surface area contributed by atoms with Crippen molar-refractivity contribution in [3.05, 3.63) is 23.0 Å². The van der Waals surface area contributed by atoms with E-state index < -0.39 is 0 Å². The van der Waals surface area contributed by atoms with E-state index in [0.717, 1.165) is 32.4 Å². The number of nitrogens with zero attached hydrogens (tertiary/aromatic N) is 2. The van der Waals surface area contributed by atoms with Crippen molar-refractivity contribution < 1.29 is 0 Å². The van der Waals surface area contributed by atoms with E-state index in [9.17, 15) is 0 Å². The van der Waals surface area contributed by atoms with E-state index in [1.165, 1.54) is 18.5 Å². The Morgan fingerprint density at radius 2 is 2.17 bits per heavy atom. The molecule has 0 unspecified atom stereocenters. The lowest BCUT2D eigenvalue weighted by Gasteiger charge is -2.35. The van der Waals surface area contributed by atoms with Crippen molar-refractivity contribution in [2.24, 2.45) is 4.99 Å². The normalized spacial score (nSPS) is 30.4. The van der Waals surface area contributed by atoms with Crippen LogP contribution in [0.15, 0.2) is 28.0 Å². The topological polar surface area (TPSA) is 27.6 Å². The lowest BCUT2D eigenvalue weighted by atomic mass is 10.0. The smallest absolute Gasteiger partial charge is 0.125 e. The van der Waals surface area contributed by atoms with E-state index in [1.54, 1.807) is 0 Å². The highest BCUT2D eigenvalue weighted by molar-refractivity contribution is 6.29. The maximum Gasteiger partial charge on any atom is 0.125 e. The molecule has 4 heteroatoms. The van der Waals surface area contributed by atoms with Gasteiger partial charge in [0.2, 0.25) is 0 Å². The fourth-order valence-corrected chi connectivity index (χ4v) is 2.72. The molecule has 18 heavy (non-hydrogen) atoms. The Balaban J connectivity index is 1.97. The quantitative estimate of drug-likeness (QED) is 0.779. The predicted molar refractivity (Wildman–Crippen MR) is 78.0 cm³/mol. The van der Waals surface area contributed by atoms with Gasteiger partial charge in [0.05, 0.1) is 0 Å². The average molecular weight is 268 g/mol. The van der Waals surface area contributed by atoms with Crippen molar-refractivity contribution >= 4 is 17.8 Å². The number of aliphatic imine (C=N–C) groups is 1. The van der Waals surface area contributed by atoms with Crippen LogP contribution in [0.5, 0.6) is 0 Å². The van der Waals surface area contributed by atoms with E-state index >= 15 is 0 Å². The van der Waals surface area contributed by atoms with Gasteiger partial charge in [-0.1, -0.05) is 11.6 Å². The highest BCUT2D eigenvalue weighted by Gasteiger charge is 2.19. The SMILES string of the molecule is CNC1CCN(/C2=C/C=N\C(Cl)=C/CCC2)CC1. The van der Waals surface area contributed by atoms with E-state index in [4.69, 9.17) is 11.6 Å². The van der Waals surface area contributed by atoms with Crippen molar-refractivity contribution in [3.8, 4) is 0 Å². The molecule has 0 aromatic rings. The minimum absolute atomic E-state index is 0.612. The van der Waals surface area contributed by atoms with Crippen molar-refractivity contribution in [2.75, 3.05) is 20.1 Å². The molecule has 0 aromatic carbocycles. The molecule has 2 heterocycles. The minimum Gasteiger partial charge on any atom is -0.375 e. The largest absolute Gasteiger partial charge is 0.375 e. The molecule has 1 saturated heterocycles. The van der Waals surface area contributed by atoms with Gasteiger partial charge in [-0.3, -0.25) is 0 Å². The van der Waals surface area contributed by atoms with Gasteiger partial charge in [0.1, 0.15) is 5.16 Å². The maximum absolute atomic E-state index is 5.95. The first-order valence-corrected chi connectivity index (χ1v) is 7.18. The van der Waals surface area contributed by atoms with Gasteiger partial charge in [-0.05, 0) is 51.3 Å². The summed E-state index contributed by atoms with van der Waals surface area (Å²) in [5.41, 5.74) is 1.41. The molecular formula is C14H22ClN3. The van der Waals surface area contributed by atoms with Gasteiger partial charge in [-0.2, -0.15) is 0 Å². The van der Waals surface area contributed by atoms with Crippen molar-refractivity contribution in [3.63, 3.8) is 0 Å². The second-order valence-electron chi connectivity index (χ2n) is 4.91. The molecule has 0 atom stereocenters. The summed E-state index contributed by atoms with van der Waals surface area (Å²) >= 11 is 5.95. The average Bonchev–Trinajstić information content (AvgIpc) is 2.51.